The topological polar surface area (TPSA) is 84.2 Å². The Morgan fingerprint density at radius 3 is 2.19 bits per heavy atom. The molecule has 156 valence electrons. The molecule has 6 heteroatoms. The molecule has 0 aliphatic heterocycles. The molecular weight excluding hydrogens is 393 g/mol. The van der Waals surface area contributed by atoms with Gasteiger partial charge in [0.15, 0.2) is 0 Å². The molecule has 0 unspecified atom stereocenters. The van der Waals surface area contributed by atoms with E-state index in [9.17, 15) is 14.0 Å². The third-order valence-corrected chi connectivity index (χ3v) is 5.01. The SMILES string of the molecule is Nc1ccccc1NC(=O)c1ccc(C(=Cc2ccc(F)cc2)C(=O)NC2CC2)cc1. The summed E-state index contributed by atoms with van der Waals surface area (Å²) in [7, 11) is 0. The molecule has 0 spiro atoms. The summed E-state index contributed by atoms with van der Waals surface area (Å²) >= 11 is 0. The van der Waals surface area contributed by atoms with Crippen molar-refractivity contribution in [2.75, 3.05) is 11.1 Å². The lowest BCUT2D eigenvalue weighted by atomic mass is 10.00. The molecule has 31 heavy (non-hydrogen) atoms. The maximum absolute atomic E-state index is 13.2. The van der Waals surface area contributed by atoms with Crippen LogP contribution in [0.1, 0.15) is 34.3 Å². The van der Waals surface area contributed by atoms with Crippen LogP contribution >= 0.6 is 0 Å². The van der Waals surface area contributed by atoms with Crippen molar-refractivity contribution < 1.29 is 14.0 Å². The van der Waals surface area contributed by atoms with Gasteiger partial charge in [-0.1, -0.05) is 36.4 Å². The zero-order chi connectivity index (χ0) is 21.8. The monoisotopic (exact) mass is 415 g/mol. The molecule has 1 aliphatic carbocycles. The quantitative estimate of drug-likeness (QED) is 0.315. The van der Waals surface area contributed by atoms with Crippen LogP contribution in [0.15, 0.2) is 72.8 Å². The Labute approximate surface area is 179 Å². The van der Waals surface area contributed by atoms with Gasteiger partial charge in [-0.15, -0.1) is 0 Å². The summed E-state index contributed by atoms with van der Waals surface area (Å²) in [5.41, 5.74) is 9.17. The molecule has 1 saturated carbocycles. The number of anilines is 2. The van der Waals surface area contributed by atoms with Crippen LogP contribution in [0, 0.1) is 5.82 Å². The number of para-hydroxylation sites is 2. The van der Waals surface area contributed by atoms with Crippen LogP contribution in [0.25, 0.3) is 11.6 Å². The van der Waals surface area contributed by atoms with Gasteiger partial charge in [0.2, 0.25) is 0 Å². The molecule has 0 bridgehead atoms. The number of nitrogen functional groups attached to an aromatic ring is 1. The Hall–Kier alpha value is -3.93. The van der Waals surface area contributed by atoms with Gasteiger partial charge < -0.3 is 16.4 Å². The second-order valence-corrected chi connectivity index (χ2v) is 7.48. The fourth-order valence-corrected chi connectivity index (χ4v) is 3.10. The molecule has 0 heterocycles. The van der Waals surface area contributed by atoms with E-state index in [2.05, 4.69) is 10.6 Å². The maximum atomic E-state index is 13.2. The molecular formula is C25H22FN3O2. The molecule has 3 aromatic rings. The number of hydrogen-bond acceptors (Lipinski definition) is 3. The minimum Gasteiger partial charge on any atom is -0.397 e. The number of carbonyl (C=O) groups excluding carboxylic acids is 2. The molecule has 4 rings (SSSR count). The van der Waals surface area contributed by atoms with Crippen molar-refractivity contribution in [2.24, 2.45) is 0 Å². The predicted molar refractivity (Wildman–Crippen MR) is 121 cm³/mol. The molecule has 0 atom stereocenters. The average Bonchev–Trinajstić information content (AvgIpc) is 3.59. The number of hydrogen-bond donors (Lipinski definition) is 3. The zero-order valence-electron chi connectivity index (χ0n) is 16.8. The van der Waals surface area contributed by atoms with Crippen molar-refractivity contribution in [3.8, 4) is 0 Å². The standard InChI is InChI=1S/C25H22FN3O2/c26-19-11-5-16(6-12-19)15-21(25(31)28-20-13-14-20)17-7-9-18(10-8-17)24(30)29-23-4-2-1-3-22(23)27/h1-12,15,20H,13-14,27H2,(H,28,31)(H,29,30). The van der Waals surface area contributed by atoms with Gasteiger partial charge in [0.05, 0.1) is 11.4 Å². The Bertz CT molecular complexity index is 1130. The predicted octanol–water partition coefficient (Wildman–Crippen LogP) is 4.48. The van der Waals surface area contributed by atoms with Gasteiger partial charge in [-0.2, -0.15) is 0 Å². The van der Waals surface area contributed by atoms with Gasteiger partial charge in [0.25, 0.3) is 11.8 Å². The largest absolute Gasteiger partial charge is 0.397 e. The maximum Gasteiger partial charge on any atom is 0.255 e. The van der Waals surface area contributed by atoms with Crippen LogP contribution in [0.4, 0.5) is 15.8 Å². The van der Waals surface area contributed by atoms with Crippen LogP contribution in [0.3, 0.4) is 0 Å². The summed E-state index contributed by atoms with van der Waals surface area (Å²) in [6.45, 7) is 0. The summed E-state index contributed by atoms with van der Waals surface area (Å²) in [5.74, 6) is -0.826. The highest BCUT2D eigenvalue weighted by atomic mass is 19.1. The van der Waals surface area contributed by atoms with E-state index in [4.69, 9.17) is 5.73 Å². The molecule has 4 N–H and O–H groups in total. The van der Waals surface area contributed by atoms with E-state index in [1.807, 2.05) is 0 Å². The van der Waals surface area contributed by atoms with Crippen molar-refractivity contribution >= 4 is 34.8 Å². The number of nitrogens with two attached hydrogens (primary N) is 1. The number of carbonyl (C=O) groups is 2. The van der Waals surface area contributed by atoms with Crippen LogP contribution in [0.5, 0.6) is 0 Å². The van der Waals surface area contributed by atoms with Crippen LogP contribution in [0.2, 0.25) is 0 Å². The summed E-state index contributed by atoms with van der Waals surface area (Å²) in [5, 5.41) is 5.77. The fourth-order valence-electron chi connectivity index (χ4n) is 3.10. The van der Waals surface area contributed by atoms with Crippen LogP contribution < -0.4 is 16.4 Å². The first-order chi connectivity index (χ1) is 15.0. The lowest BCUT2D eigenvalue weighted by molar-refractivity contribution is -0.115. The number of rotatable bonds is 6. The zero-order valence-corrected chi connectivity index (χ0v) is 16.8. The highest BCUT2D eigenvalue weighted by molar-refractivity contribution is 6.24. The van der Waals surface area contributed by atoms with E-state index < -0.39 is 0 Å². The van der Waals surface area contributed by atoms with Crippen molar-refractivity contribution in [3.05, 3.63) is 95.3 Å². The first-order valence-electron chi connectivity index (χ1n) is 10.0. The third-order valence-electron chi connectivity index (χ3n) is 5.01. The van der Waals surface area contributed by atoms with Gasteiger partial charge >= 0.3 is 0 Å². The van der Waals surface area contributed by atoms with E-state index >= 15 is 0 Å². The Morgan fingerprint density at radius 2 is 1.55 bits per heavy atom. The number of amides is 2. The van der Waals surface area contributed by atoms with Gasteiger partial charge in [0.1, 0.15) is 5.82 Å². The Morgan fingerprint density at radius 1 is 0.903 bits per heavy atom. The van der Waals surface area contributed by atoms with Gasteiger partial charge in [0, 0.05) is 17.2 Å². The molecule has 1 aliphatic rings. The lowest BCUT2D eigenvalue weighted by Crippen LogP contribution is -2.26. The summed E-state index contributed by atoms with van der Waals surface area (Å²) in [6, 6.07) is 19.9. The Balaban J connectivity index is 1.58. The molecule has 2 amide bonds. The second kappa shape index (κ2) is 8.83. The second-order valence-electron chi connectivity index (χ2n) is 7.48. The summed E-state index contributed by atoms with van der Waals surface area (Å²) in [4.78, 5) is 25.4. The minimum atomic E-state index is -0.337. The fraction of sp³-hybridized carbons (Fsp3) is 0.120. The third kappa shape index (κ3) is 5.17. The van der Waals surface area contributed by atoms with Crippen LogP contribution in [-0.2, 0) is 4.79 Å². The lowest BCUT2D eigenvalue weighted by Gasteiger charge is -2.11. The summed E-state index contributed by atoms with van der Waals surface area (Å²) in [6.07, 6.45) is 3.66. The van der Waals surface area contributed by atoms with Gasteiger partial charge in [-0.25, -0.2) is 4.39 Å². The summed E-state index contributed by atoms with van der Waals surface area (Å²) < 4.78 is 13.2. The van der Waals surface area contributed by atoms with Crippen molar-refractivity contribution in [1.82, 2.24) is 5.32 Å². The van der Waals surface area contributed by atoms with E-state index in [1.165, 1.54) is 12.1 Å². The van der Waals surface area contributed by atoms with Crippen LogP contribution in [-0.4, -0.2) is 17.9 Å². The number of benzene rings is 3. The molecule has 1 fully saturated rings. The highest BCUT2D eigenvalue weighted by Crippen LogP contribution is 2.24. The van der Waals surface area contributed by atoms with E-state index in [0.29, 0.717) is 33.6 Å². The van der Waals surface area contributed by atoms with E-state index in [-0.39, 0.29) is 23.7 Å². The highest BCUT2D eigenvalue weighted by Gasteiger charge is 2.25. The Kier molecular flexibility index (Phi) is 5.80. The van der Waals surface area contributed by atoms with E-state index in [0.717, 1.165) is 12.8 Å². The number of nitrogens with one attached hydrogen (secondary N) is 2. The first-order valence-corrected chi connectivity index (χ1v) is 10.0. The van der Waals surface area contributed by atoms with E-state index in [1.54, 1.807) is 66.7 Å². The van der Waals surface area contributed by atoms with Gasteiger partial charge in [-0.3, -0.25) is 9.59 Å². The molecule has 0 aromatic heterocycles. The molecule has 0 radical (unpaired) electrons. The average molecular weight is 415 g/mol. The van der Waals surface area contributed by atoms with Crippen molar-refractivity contribution in [3.63, 3.8) is 0 Å². The van der Waals surface area contributed by atoms with Crippen molar-refractivity contribution in [2.45, 2.75) is 18.9 Å². The molecule has 5 nitrogen and oxygen atoms in total. The number of halogens is 1. The smallest absolute Gasteiger partial charge is 0.255 e. The van der Waals surface area contributed by atoms with Gasteiger partial charge in [-0.05, 0) is 66.4 Å². The van der Waals surface area contributed by atoms with Crippen molar-refractivity contribution in [1.29, 1.82) is 0 Å². The normalized spacial score (nSPS) is 13.5. The minimum absolute atomic E-state index is 0.193. The molecule has 3 aromatic carbocycles. The first kappa shape index (κ1) is 20.3. The molecule has 0 saturated heterocycles.